The van der Waals surface area contributed by atoms with Crippen molar-refractivity contribution in [3.8, 4) is 5.69 Å². The fourth-order valence-corrected chi connectivity index (χ4v) is 2.04. The minimum Gasteiger partial charge on any atom is -0.481 e. The molecule has 0 spiro atoms. The lowest BCUT2D eigenvalue weighted by Gasteiger charge is -2.06. The molecule has 1 aliphatic heterocycles. The first kappa shape index (κ1) is 10.9. The zero-order valence-electron chi connectivity index (χ0n) is 9.54. The SMILES string of the molecule is O=C(O)Cc1cnnn1-c1ccc2c(c1)COC2. The molecule has 0 unspecified atom stereocenters. The Hall–Kier alpha value is -2.21. The molecule has 0 radical (unpaired) electrons. The maximum atomic E-state index is 10.7. The maximum Gasteiger partial charge on any atom is 0.309 e. The van der Waals surface area contributed by atoms with Crippen LogP contribution in [0, 0.1) is 0 Å². The molecule has 18 heavy (non-hydrogen) atoms. The first-order chi connectivity index (χ1) is 8.74. The molecule has 0 fully saturated rings. The van der Waals surface area contributed by atoms with Gasteiger partial charge in [0, 0.05) is 0 Å². The molecular formula is C12H11N3O3. The normalized spacial score (nSPS) is 13.6. The minimum atomic E-state index is -0.900. The van der Waals surface area contributed by atoms with Crippen molar-refractivity contribution in [2.45, 2.75) is 19.6 Å². The van der Waals surface area contributed by atoms with E-state index < -0.39 is 5.97 Å². The molecule has 1 aromatic carbocycles. The molecule has 0 bridgehead atoms. The average Bonchev–Trinajstić information content (AvgIpc) is 2.95. The summed E-state index contributed by atoms with van der Waals surface area (Å²) in [5.74, 6) is -0.900. The number of carboxylic acids is 1. The quantitative estimate of drug-likeness (QED) is 0.870. The van der Waals surface area contributed by atoms with Gasteiger partial charge < -0.3 is 9.84 Å². The summed E-state index contributed by atoms with van der Waals surface area (Å²) >= 11 is 0. The van der Waals surface area contributed by atoms with Crippen LogP contribution in [-0.2, 0) is 29.2 Å². The van der Waals surface area contributed by atoms with Crippen LogP contribution in [-0.4, -0.2) is 26.1 Å². The van der Waals surface area contributed by atoms with Gasteiger partial charge in [0.2, 0.25) is 0 Å². The molecule has 2 heterocycles. The van der Waals surface area contributed by atoms with Crippen molar-refractivity contribution in [3.63, 3.8) is 0 Å². The topological polar surface area (TPSA) is 77.2 Å². The number of fused-ring (bicyclic) bond motifs is 1. The summed E-state index contributed by atoms with van der Waals surface area (Å²) in [5.41, 5.74) is 3.65. The molecule has 1 N–H and O–H groups in total. The second kappa shape index (κ2) is 4.23. The number of ether oxygens (including phenoxy) is 1. The summed E-state index contributed by atoms with van der Waals surface area (Å²) in [6.07, 6.45) is 1.37. The van der Waals surface area contributed by atoms with E-state index in [0.29, 0.717) is 18.9 Å². The molecule has 3 rings (SSSR count). The van der Waals surface area contributed by atoms with Gasteiger partial charge in [-0.1, -0.05) is 11.3 Å². The first-order valence-electron chi connectivity index (χ1n) is 5.55. The summed E-state index contributed by atoms with van der Waals surface area (Å²) < 4.78 is 6.89. The lowest BCUT2D eigenvalue weighted by atomic mass is 10.1. The van der Waals surface area contributed by atoms with Crippen molar-refractivity contribution < 1.29 is 14.6 Å². The average molecular weight is 245 g/mol. The van der Waals surface area contributed by atoms with Gasteiger partial charge in [-0.2, -0.15) is 0 Å². The zero-order valence-corrected chi connectivity index (χ0v) is 9.54. The Kier molecular flexibility index (Phi) is 2.56. The van der Waals surface area contributed by atoms with Crippen molar-refractivity contribution in [1.29, 1.82) is 0 Å². The Morgan fingerprint density at radius 3 is 3.06 bits per heavy atom. The molecule has 0 atom stereocenters. The van der Waals surface area contributed by atoms with Crippen molar-refractivity contribution in [1.82, 2.24) is 15.0 Å². The second-order valence-corrected chi connectivity index (χ2v) is 4.15. The Labute approximate surface area is 103 Å². The van der Waals surface area contributed by atoms with Crippen LogP contribution in [0.3, 0.4) is 0 Å². The predicted octanol–water partition coefficient (Wildman–Crippen LogP) is 0.925. The Morgan fingerprint density at radius 1 is 1.39 bits per heavy atom. The summed E-state index contributed by atoms with van der Waals surface area (Å²) in [4.78, 5) is 10.7. The lowest BCUT2D eigenvalue weighted by Crippen LogP contribution is -2.08. The monoisotopic (exact) mass is 245 g/mol. The zero-order chi connectivity index (χ0) is 12.5. The number of carboxylic acid groups (broad SMARTS) is 1. The maximum absolute atomic E-state index is 10.7. The fraction of sp³-hybridized carbons (Fsp3) is 0.250. The molecule has 0 saturated carbocycles. The third-order valence-corrected chi connectivity index (χ3v) is 2.90. The minimum absolute atomic E-state index is 0.0966. The van der Waals surface area contributed by atoms with Crippen LogP contribution < -0.4 is 0 Å². The van der Waals surface area contributed by atoms with Gasteiger partial charge in [0.15, 0.2) is 0 Å². The van der Waals surface area contributed by atoms with E-state index >= 15 is 0 Å². The van der Waals surface area contributed by atoms with Crippen LogP contribution in [0.5, 0.6) is 0 Å². The molecular weight excluding hydrogens is 234 g/mol. The van der Waals surface area contributed by atoms with E-state index in [9.17, 15) is 4.79 Å². The molecule has 2 aromatic rings. The van der Waals surface area contributed by atoms with Gasteiger partial charge in [0.05, 0.1) is 37.2 Å². The predicted molar refractivity (Wildman–Crippen MR) is 61.2 cm³/mol. The third-order valence-electron chi connectivity index (χ3n) is 2.90. The molecule has 1 aromatic heterocycles. The highest BCUT2D eigenvalue weighted by Crippen LogP contribution is 2.22. The molecule has 6 nitrogen and oxygen atoms in total. The fourth-order valence-electron chi connectivity index (χ4n) is 2.04. The molecule has 6 heteroatoms. The molecule has 0 amide bonds. The van der Waals surface area contributed by atoms with E-state index in [0.717, 1.165) is 11.3 Å². The number of carbonyl (C=O) groups is 1. The van der Waals surface area contributed by atoms with Gasteiger partial charge in [-0.15, -0.1) is 5.10 Å². The molecule has 92 valence electrons. The number of aliphatic carboxylic acids is 1. The van der Waals surface area contributed by atoms with Gasteiger partial charge in [0.25, 0.3) is 0 Å². The van der Waals surface area contributed by atoms with E-state index in [1.807, 2.05) is 18.2 Å². The summed E-state index contributed by atoms with van der Waals surface area (Å²) in [5, 5.41) is 16.5. The van der Waals surface area contributed by atoms with Crippen LogP contribution in [0.2, 0.25) is 0 Å². The van der Waals surface area contributed by atoms with E-state index in [1.54, 1.807) is 4.68 Å². The smallest absolute Gasteiger partial charge is 0.309 e. The van der Waals surface area contributed by atoms with Crippen LogP contribution in [0.4, 0.5) is 0 Å². The summed E-state index contributed by atoms with van der Waals surface area (Å²) in [6, 6.07) is 5.83. The lowest BCUT2D eigenvalue weighted by molar-refractivity contribution is -0.136. The largest absolute Gasteiger partial charge is 0.481 e. The molecule has 0 aliphatic carbocycles. The van der Waals surface area contributed by atoms with Gasteiger partial charge in [-0.05, 0) is 23.3 Å². The standard InChI is InChI=1S/C12H11N3O3/c16-12(17)4-11-5-13-14-15(11)10-2-1-8-6-18-7-9(8)3-10/h1-3,5H,4,6-7H2,(H,16,17). The number of benzene rings is 1. The van der Waals surface area contributed by atoms with Gasteiger partial charge in [0.1, 0.15) is 0 Å². The molecule has 0 saturated heterocycles. The van der Waals surface area contributed by atoms with Crippen molar-refractivity contribution in [2.24, 2.45) is 0 Å². The van der Waals surface area contributed by atoms with E-state index in [4.69, 9.17) is 9.84 Å². The number of hydrogen-bond acceptors (Lipinski definition) is 4. The Bertz CT molecular complexity index is 606. The van der Waals surface area contributed by atoms with E-state index in [-0.39, 0.29) is 6.42 Å². The number of hydrogen-bond donors (Lipinski definition) is 1. The third kappa shape index (κ3) is 1.86. The Balaban J connectivity index is 1.99. The molecule has 1 aliphatic rings. The van der Waals surface area contributed by atoms with Gasteiger partial charge in [-0.25, -0.2) is 4.68 Å². The number of nitrogens with zero attached hydrogens (tertiary/aromatic N) is 3. The van der Waals surface area contributed by atoms with Crippen LogP contribution >= 0.6 is 0 Å². The number of aromatic nitrogens is 3. The highest BCUT2D eigenvalue weighted by atomic mass is 16.5. The van der Waals surface area contributed by atoms with Crippen molar-refractivity contribution in [2.75, 3.05) is 0 Å². The van der Waals surface area contributed by atoms with Crippen LogP contribution in [0.15, 0.2) is 24.4 Å². The highest BCUT2D eigenvalue weighted by Gasteiger charge is 2.14. The van der Waals surface area contributed by atoms with Gasteiger partial charge in [-0.3, -0.25) is 4.79 Å². The van der Waals surface area contributed by atoms with Crippen molar-refractivity contribution in [3.05, 3.63) is 41.2 Å². The van der Waals surface area contributed by atoms with Crippen LogP contribution in [0.25, 0.3) is 5.69 Å². The Morgan fingerprint density at radius 2 is 2.22 bits per heavy atom. The number of rotatable bonds is 3. The van der Waals surface area contributed by atoms with E-state index in [2.05, 4.69) is 10.3 Å². The van der Waals surface area contributed by atoms with E-state index in [1.165, 1.54) is 11.8 Å². The van der Waals surface area contributed by atoms with Crippen LogP contribution in [0.1, 0.15) is 16.8 Å². The highest BCUT2D eigenvalue weighted by molar-refractivity contribution is 5.69. The summed E-state index contributed by atoms with van der Waals surface area (Å²) in [6.45, 7) is 1.22. The first-order valence-corrected chi connectivity index (χ1v) is 5.55. The van der Waals surface area contributed by atoms with Crippen molar-refractivity contribution >= 4 is 5.97 Å². The summed E-state index contributed by atoms with van der Waals surface area (Å²) in [7, 11) is 0. The second-order valence-electron chi connectivity index (χ2n) is 4.15. The van der Waals surface area contributed by atoms with Gasteiger partial charge >= 0.3 is 5.97 Å².